The number of anilines is 1. The third-order valence-electron chi connectivity index (χ3n) is 4.13. The summed E-state index contributed by atoms with van der Waals surface area (Å²) in [5.41, 5.74) is 8.23. The van der Waals surface area contributed by atoms with Gasteiger partial charge < -0.3 is 10.5 Å². The summed E-state index contributed by atoms with van der Waals surface area (Å²) in [4.78, 5) is 12.2. The Labute approximate surface area is 121 Å². The maximum atomic E-state index is 12.2. The first-order valence-corrected chi connectivity index (χ1v) is 7.34. The molecular weight excluding hydrogens is 250 g/mol. The van der Waals surface area contributed by atoms with E-state index in [1.807, 2.05) is 6.92 Å². The normalized spacial score (nSPS) is 25.2. The third kappa shape index (κ3) is 3.53. The minimum Gasteiger partial charge on any atom is -0.459 e. The third-order valence-corrected chi connectivity index (χ3v) is 4.13. The number of nitrogen functional groups attached to an aromatic ring is 1. The fourth-order valence-corrected chi connectivity index (χ4v) is 3.37. The van der Waals surface area contributed by atoms with Crippen LogP contribution in [0.3, 0.4) is 0 Å². The second kappa shape index (κ2) is 5.47. The van der Waals surface area contributed by atoms with Crippen LogP contribution in [-0.4, -0.2) is 12.1 Å². The molecule has 0 radical (unpaired) electrons. The average Bonchev–Trinajstić information content (AvgIpc) is 2.29. The van der Waals surface area contributed by atoms with Crippen LogP contribution in [0.2, 0.25) is 0 Å². The van der Waals surface area contributed by atoms with Crippen molar-refractivity contribution < 1.29 is 9.53 Å². The van der Waals surface area contributed by atoms with Crippen LogP contribution in [0.4, 0.5) is 5.69 Å². The lowest BCUT2D eigenvalue weighted by molar-refractivity contribution is -0.00714. The highest BCUT2D eigenvalue weighted by molar-refractivity contribution is 5.90. The van der Waals surface area contributed by atoms with E-state index in [4.69, 9.17) is 10.5 Å². The maximum absolute atomic E-state index is 12.2. The van der Waals surface area contributed by atoms with Gasteiger partial charge in [-0.3, -0.25) is 0 Å². The molecule has 1 aliphatic carbocycles. The standard InChI is InChI=1S/C17H25NO2/c1-11-7-14(10-17(3,4)9-11)20-16(19)13-5-6-15(18)12(2)8-13/h5-6,8,11,14H,7,9-10,18H2,1-4H3. The molecule has 1 aromatic rings. The van der Waals surface area contributed by atoms with E-state index in [9.17, 15) is 4.79 Å². The minimum atomic E-state index is -0.233. The predicted molar refractivity (Wildman–Crippen MR) is 81.6 cm³/mol. The van der Waals surface area contributed by atoms with E-state index in [2.05, 4.69) is 20.8 Å². The van der Waals surface area contributed by atoms with Gasteiger partial charge in [0, 0.05) is 5.69 Å². The van der Waals surface area contributed by atoms with Crippen LogP contribution in [0, 0.1) is 18.3 Å². The summed E-state index contributed by atoms with van der Waals surface area (Å²) in [5.74, 6) is 0.368. The summed E-state index contributed by atoms with van der Waals surface area (Å²) in [6.07, 6.45) is 3.13. The number of aryl methyl sites for hydroxylation is 1. The molecule has 3 heteroatoms. The van der Waals surface area contributed by atoms with Crippen LogP contribution in [0.5, 0.6) is 0 Å². The summed E-state index contributed by atoms with van der Waals surface area (Å²) < 4.78 is 5.70. The molecule has 2 atom stereocenters. The number of esters is 1. The van der Waals surface area contributed by atoms with Crippen molar-refractivity contribution in [1.82, 2.24) is 0 Å². The Morgan fingerprint density at radius 1 is 1.35 bits per heavy atom. The van der Waals surface area contributed by atoms with Crippen molar-refractivity contribution in [3.8, 4) is 0 Å². The monoisotopic (exact) mass is 275 g/mol. The molecule has 0 amide bonds. The maximum Gasteiger partial charge on any atom is 0.338 e. The van der Waals surface area contributed by atoms with Gasteiger partial charge in [0.15, 0.2) is 0 Å². The number of ether oxygens (including phenoxy) is 1. The zero-order chi connectivity index (χ0) is 14.9. The van der Waals surface area contributed by atoms with E-state index >= 15 is 0 Å². The molecular formula is C17H25NO2. The fourth-order valence-electron chi connectivity index (χ4n) is 3.37. The summed E-state index contributed by atoms with van der Waals surface area (Å²) in [5, 5.41) is 0. The van der Waals surface area contributed by atoms with Gasteiger partial charge in [-0.1, -0.05) is 20.8 Å². The largest absolute Gasteiger partial charge is 0.459 e. The van der Waals surface area contributed by atoms with Gasteiger partial charge in [0.2, 0.25) is 0 Å². The highest BCUT2D eigenvalue weighted by Gasteiger charge is 2.34. The Morgan fingerprint density at radius 3 is 2.65 bits per heavy atom. The first-order chi connectivity index (χ1) is 9.27. The van der Waals surface area contributed by atoms with Crippen LogP contribution in [0.25, 0.3) is 0 Å². The first-order valence-electron chi connectivity index (χ1n) is 7.34. The molecule has 2 rings (SSSR count). The van der Waals surface area contributed by atoms with E-state index in [1.54, 1.807) is 18.2 Å². The number of benzene rings is 1. The van der Waals surface area contributed by atoms with Gasteiger partial charge in [-0.05, 0) is 61.3 Å². The minimum absolute atomic E-state index is 0.0270. The van der Waals surface area contributed by atoms with Gasteiger partial charge in [0.1, 0.15) is 6.10 Å². The number of hydrogen-bond donors (Lipinski definition) is 1. The van der Waals surface area contributed by atoms with Gasteiger partial charge in [0.25, 0.3) is 0 Å². The molecule has 0 heterocycles. The van der Waals surface area contributed by atoms with Crippen LogP contribution in [0.1, 0.15) is 56.0 Å². The molecule has 0 bridgehead atoms. The molecule has 0 saturated heterocycles. The molecule has 0 aromatic heterocycles. The van der Waals surface area contributed by atoms with Crippen molar-refractivity contribution in [2.45, 2.75) is 53.1 Å². The molecule has 20 heavy (non-hydrogen) atoms. The van der Waals surface area contributed by atoms with Gasteiger partial charge >= 0.3 is 5.97 Å². The van der Waals surface area contributed by atoms with E-state index in [1.165, 1.54) is 6.42 Å². The van der Waals surface area contributed by atoms with Crippen LogP contribution in [-0.2, 0) is 4.74 Å². The lowest BCUT2D eigenvalue weighted by atomic mass is 9.71. The second-order valence-electron chi connectivity index (χ2n) is 7.01. The molecule has 1 aromatic carbocycles. The smallest absolute Gasteiger partial charge is 0.338 e. The van der Waals surface area contributed by atoms with E-state index in [0.29, 0.717) is 17.2 Å². The lowest BCUT2D eigenvalue weighted by Crippen LogP contribution is -2.34. The molecule has 2 unspecified atom stereocenters. The molecule has 0 spiro atoms. The Kier molecular flexibility index (Phi) is 4.07. The van der Waals surface area contributed by atoms with Crippen LogP contribution < -0.4 is 5.73 Å². The summed E-state index contributed by atoms with van der Waals surface area (Å²) in [6, 6.07) is 5.30. The lowest BCUT2D eigenvalue weighted by Gasteiger charge is -2.38. The van der Waals surface area contributed by atoms with E-state index in [0.717, 1.165) is 18.4 Å². The number of carbonyl (C=O) groups is 1. The molecule has 1 saturated carbocycles. The number of nitrogens with two attached hydrogens (primary N) is 1. The van der Waals surface area contributed by atoms with Crippen molar-refractivity contribution in [2.75, 3.05) is 5.73 Å². The Morgan fingerprint density at radius 2 is 2.05 bits per heavy atom. The Bertz CT molecular complexity index is 508. The fraction of sp³-hybridized carbons (Fsp3) is 0.588. The predicted octanol–water partition coefficient (Wildman–Crippen LogP) is 3.95. The van der Waals surface area contributed by atoms with Crippen molar-refractivity contribution in [1.29, 1.82) is 0 Å². The van der Waals surface area contributed by atoms with Crippen molar-refractivity contribution >= 4 is 11.7 Å². The average molecular weight is 275 g/mol. The molecule has 1 fully saturated rings. The highest BCUT2D eigenvalue weighted by Crippen LogP contribution is 2.39. The molecule has 1 aliphatic rings. The number of hydrogen-bond acceptors (Lipinski definition) is 3. The van der Waals surface area contributed by atoms with Crippen molar-refractivity contribution in [2.24, 2.45) is 11.3 Å². The molecule has 2 N–H and O–H groups in total. The molecule has 110 valence electrons. The quantitative estimate of drug-likeness (QED) is 0.657. The van der Waals surface area contributed by atoms with Crippen LogP contribution in [0.15, 0.2) is 18.2 Å². The van der Waals surface area contributed by atoms with Gasteiger partial charge in [-0.15, -0.1) is 0 Å². The zero-order valence-corrected chi connectivity index (χ0v) is 12.9. The van der Waals surface area contributed by atoms with Crippen molar-refractivity contribution in [3.63, 3.8) is 0 Å². The van der Waals surface area contributed by atoms with E-state index < -0.39 is 0 Å². The van der Waals surface area contributed by atoms with Crippen molar-refractivity contribution in [3.05, 3.63) is 29.3 Å². The van der Waals surface area contributed by atoms with Crippen LogP contribution >= 0.6 is 0 Å². The van der Waals surface area contributed by atoms with Gasteiger partial charge in [-0.2, -0.15) is 0 Å². The number of carbonyl (C=O) groups excluding carboxylic acids is 1. The number of rotatable bonds is 2. The molecule has 0 aliphatic heterocycles. The zero-order valence-electron chi connectivity index (χ0n) is 12.9. The summed E-state index contributed by atoms with van der Waals surface area (Å²) in [6.45, 7) is 8.63. The first kappa shape index (κ1) is 14.9. The Balaban J connectivity index is 2.05. The van der Waals surface area contributed by atoms with Gasteiger partial charge in [-0.25, -0.2) is 4.79 Å². The molecule has 3 nitrogen and oxygen atoms in total. The highest BCUT2D eigenvalue weighted by atomic mass is 16.5. The second-order valence-corrected chi connectivity index (χ2v) is 7.01. The summed E-state index contributed by atoms with van der Waals surface area (Å²) >= 11 is 0. The topological polar surface area (TPSA) is 52.3 Å². The van der Waals surface area contributed by atoms with Gasteiger partial charge in [0.05, 0.1) is 5.56 Å². The van der Waals surface area contributed by atoms with E-state index in [-0.39, 0.29) is 17.5 Å². The Hall–Kier alpha value is -1.51. The summed E-state index contributed by atoms with van der Waals surface area (Å²) in [7, 11) is 0. The SMILES string of the molecule is Cc1cc(C(=O)OC2CC(C)CC(C)(C)C2)ccc1N.